The number of aliphatic hydroxyl groups is 1. The molecular formula is C11H8N4O4. The second-order valence-corrected chi connectivity index (χ2v) is 3.47. The number of carboxylic acids is 1. The van der Waals surface area contributed by atoms with Gasteiger partial charge < -0.3 is 10.2 Å². The molecule has 2 N–H and O–H groups in total. The lowest BCUT2D eigenvalue weighted by Gasteiger charge is -2.02. The zero-order valence-electron chi connectivity index (χ0n) is 9.46. The van der Waals surface area contributed by atoms with Crippen LogP contribution < -0.4 is 0 Å². The van der Waals surface area contributed by atoms with Gasteiger partial charge >= 0.3 is 5.97 Å². The highest BCUT2D eigenvalue weighted by atomic mass is 16.4. The van der Waals surface area contributed by atoms with E-state index in [1.165, 1.54) is 23.3 Å². The van der Waals surface area contributed by atoms with Gasteiger partial charge in [-0.2, -0.15) is 0 Å². The number of tetrazole rings is 1. The van der Waals surface area contributed by atoms with E-state index in [9.17, 15) is 14.7 Å². The number of ketones is 1. The van der Waals surface area contributed by atoms with E-state index in [-0.39, 0.29) is 5.56 Å². The highest BCUT2D eigenvalue weighted by molar-refractivity contribution is 6.38. The number of rotatable bonds is 4. The van der Waals surface area contributed by atoms with Gasteiger partial charge in [-0.25, -0.2) is 4.79 Å². The van der Waals surface area contributed by atoms with Gasteiger partial charge in [-0.3, -0.25) is 4.79 Å². The maximum Gasteiger partial charge on any atom is 0.376 e. The smallest absolute Gasteiger partial charge is 0.376 e. The molecule has 8 heteroatoms. The Bertz CT molecular complexity index is 648. The molecule has 1 aromatic heterocycles. The molecule has 0 aliphatic heterocycles. The molecule has 1 heterocycles. The van der Waals surface area contributed by atoms with Gasteiger partial charge in [-0.15, -0.1) is 15.0 Å². The van der Waals surface area contributed by atoms with E-state index < -0.39 is 17.5 Å². The minimum atomic E-state index is -1.64. The fourth-order valence-electron chi connectivity index (χ4n) is 1.34. The Labute approximate surface area is 106 Å². The minimum Gasteiger partial charge on any atom is -0.507 e. The van der Waals surface area contributed by atoms with Crippen molar-refractivity contribution in [3.63, 3.8) is 0 Å². The number of hydrogen-bond acceptors (Lipinski definition) is 6. The molecule has 8 nitrogen and oxygen atoms in total. The van der Waals surface area contributed by atoms with Gasteiger partial charge in [-0.05, 0) is 17.3 Å². The van der Waals surface area contributed by atoms with Crippen LogP contribution in [-0.2, 0) is 9.59 Å². The third kappa shape index (κ3) is 2.80. The Morgan fingerprint density at radius 1 is 1.26 bits per heavy atom. The average Bonchev–Trinajstić information content (AvgIpc) is 2.92. The van der Waals surface area contributed by atoms with E-state index >= 15 is 0 Å². The molecule has 96 valence electrons. The van der Waals surface area contributed by atoms with Crippen LogP contribution in [0.25, 0.3) is 11.4 Å². The number of carbonyl (C=O) groups is 2. The van der Waals surface area contributed by atoms with E-state index in [4.69, 9.17) is 5.11 Å². The van der Waals surface area contributed by atoms with Crippen LogP contribution in [0.3, 0.4) is 0 Å². The lowest BCUT2D eigenvalue weighted by Crippen LogP contribution is -2.09. The molecule has 0 aliphatic rings. The van der Waals surface area contributed by atoms with Crippen LogP contribution in [0.2, 0.25) is 0 Å². The van der Waals surface area contributed by atoms with Gasteiger partial charge in [0, 0.05) is 11.6 Å². The van der Waals surface area contributed by atoms with Crippen LogP contribution in [0.15, 0.2) is 36.7 Å². The predicted octanol–water partition coefficient (Wildman–Crippen LogP) is 0.215. The van der Waals surface area contributed by atoms with Crippen LogP contribution in [0.4, 0.5) is 0 Å². The Balaban J connectivity index is 2.34. The van der Waals surface area contributed by atoms with E-state index in [1.807, 2.05) is 0 Å². The molecule has 0 bridgehead atoms. The molecule has 0 aliphatic carbocycles. The highest BCUT2D eigenvalue weighted by Crippen LogP contribution is 2.15. The minimum absolute atomic E-state index is 0.268. The van der Waals surface area contributed by atoms with Gasteiger partial charge in [0.15, 0.2) is 6.33 Å². The number of hydrogen-bond donors (Lipinski definition) is 2. The first kappa shape index (κ1) is 12.4. The molecule has 0 saturated heterocycles. The van der Waals surface area contributed by atoms with Crippen molar-refractivity contribution in [3.05, 3.63) is 42.2 Å². The van der Waals surface area contributed by atoms with E-state index in [0.29, 0.717) is 11.8 Å². The van der Waals surface area contributed by atoms with Crippen LogP contribution in [0.5, 0.6) is 0 Å². The number of aliphatic carboxylic acids is 1. The molecule has 0 atom stereocenters. The van der Waals surface area contributed by atoms with Gasteiger partial charge in [0.2, 0.25) is 0 Å². The molecule has 0 saturated carbocycles. The Morgan fingerprint density at radius 3 is 2.68 bits per heavy atom. The number of carboxylic acid groups (broad SMARTS) is 1. The zero-order valence-corrected chi connectivity index (χ0v) is 9.46. The number of nitrogens with zero attached hydrogens (tertiary/aromatic N) is 4. The van der Waals surface area contributed by atoms with Gasteiger partial charge in [0.25, 0.3) is 5.78 Å². The summed E-state index contributed by atoms with van der Waals surface area (Å²) in [5, 5.41) is 29.1. The Hall–Kier alpha value is -3.03. The van der Waals surface area contributed by atoms with Crippen molar-refractivity contribution in [3.8, 4) is 5.69 Å². The SMILES string of the molecule is O=C(O)C(=O)/C=C(\O)c1cccc(-n2ncnn2)c1. The first-order valence-electron chi connectivity index (χ1n) is 5.09. The second kappa shape index (κ2) is 5.08. The molecule has 2 rings (SSSR count). The van der Waals surface area contributed by atoms with Crippen LogP contribution in [0.1, 0.15) is 5.56 Å². The summed E-state index contributed by atoms with van der Waals surface area (Å²) in [5.41, 5.74) is 0.780. The average molecular weight is 260 g/mol. The largest absolute Gasteiger partial charge is 0.507 e. The summed E-state index contributed by atoms with van der Waals surface area (Å²) in [6.07, 6.45) is 1.88. The maximum atomic E-state index is 11.0. The topological polar surface area (TPSA) is 118 Å². The van der Waals surface area contributed by atoms with Crippen molar-refractivity contribution < 1.29 is 19.8 Å². The van der Waals surface area contributed by atoms with Crippen molar-refractivity contribution in [2.75, 3.05) is 0 Å². The lowest BCUT2D eigenvalue weighted by atomic mass is 10.1. The summed E-state index contributed by atoms with van der Waals surface area (Å²) in [4.78, 5) is 22.6. The summed E-state index contributed by atoms with van der Waals surface area (Å²) < 4.78 is 0. The van der Waals surface area contributed by atoms with Crippen LogP contribution >= 0.6 is 0 Å². The number of benzene rings is 1. The number of aliphatic hydroxyl groups excluding tert-OH is 1. The van der Waals surface area contributed by atoms with Crippen molar-refractivity contribution in [2.45, 2.75) is 0 Å². The molecular weight excluding hydrogens is 252 g/mol. The van der Waals surface area contributed by atoms with Gasteiger partial charge in [0.05, 0.1) is 5.69 Å². The Morgan fingerprint density at radius 2 is 2.05 bits per heavy atom. The normalized spacial score (nSPS) is 11.3. The molecule has 0 radical (unpaired) electrons. The summed E-state index contributed by atoms with van der Waals surface area (Å²) in [5.74, 6) is -3.29. The van der Waals surface area contributed by atoms with Gasteiger partial charge in [0.1, 0.15) is 5.76 Å². The quantitative estimate of drug-likeness (QED) is 0.458. The molecule has 19 heavy (non-hydrogen) atoms. The van der Waals surface area contributed by atoms with E-state index in [0.717, 1.165) is 0 Å². The number of carbonyl (C=O) groups excluding carboxylic acids is 1. The second-order valence-electron chi connectivity index (χ2n) is 3.47. The standard InChI is InChI=1S/C11H8N4O4/c16-9(5-10(17)11(18)19)7-2-1-3-8(4-7)15-13-6-12-14-15/h1-6,16H,(H,18,19)/b9-5-. The highest BCUT2D eigenvalue weighted by Gasteiger charge is 2.11. The zero-order chi connectivity index (χ0) is 13.8. The first-order chi connectivity index (χ1) is 9.08. The molecule has 0 fully saturated rings. The summed E-state index contributed by atoms with van der Waals surface area (Å²) in [6.45, 7) is 0. The van der Waals surface area contributed by atoms with E-state index in [2.05, 4.69) is 15.4 Å². The maximum absolute atomic E-state index is 11.0. The molecule has 2 aromatic rings. The predicted molar refractivity (Wildman–Crippen MR) is 62.4 cm³/mol. The first-order valence-corrected chi connectivity index (χ1v) is 5.09. The lowest BCUT2D eigenvalue weighted by molar-refractivity contribution is -0.146. The third-order valence-electron chi connectivity index (χ3n) is 2.20. The summed E-state index contributed by atoms with van der Waals surface area (Å²) in [6, 6.07) is 6.27. The summed E-state index contributed by atoms with van der Waals surface area (Å²) in [7, 11) is 0. The third-order valence-corrected chi connectivity index (χ3v) is 2.20. The van der Waals surface area contributed by atoms with Crippen molar-refractivity contribution in [1.29, 1.82) is 0 Å². The van der Waals surface area contributed by atoms with Crippen molar-refractivity contribution >= 4 is 17.5 Å². The number of aromatic nitrogens is 4. The molecule has 1 aromatic carbocycles. The van der Waals surface area contributed by atoms with Crippen LogP contribution in [0, 0.1) is 0 Å². The fraction of sp³-hybridized carbons (Fsp3) is 0. The van der Waals surface area contributed by atoms with Gasteiger partial charge in [-0.1, -0.05) is 12.1 Å². The fourth-order valence-corrected chi connectivity index (χ4v) is 1.34. The Kier molecular flexibility index (Phi) is 3.33. The molecule has 0 amide bonds. The van der Waals surface area contributed by atoms with Crippen molar-refractivity contribution in [1.82, 2.24) is 20.2 Å². The van der Waals surface area contributed by atoms with Crippen LogP contribution in [-0.4, -0.2) is 42.2 Å². The van der Waals surface area contributed by atoms with Crippen molar-refractivity contribution in [2.24, 2.45) is 0 Å². The van der Waals surface area contributed by atoms with E-state index in [1.54, 1.807) is 12.1 Å². The molecule has 0 spiro atoms. The monoisotopic (exact) mass is 260 g/mol. The summed E-state index contributed by atoms with van der Waals surface area (Å²) >= 11 is 0. The molecule has 0 unspecified atom stereocenters.